The molecule has 4 aromatic rings. The van der Waals surface area contributed by atoms with Gasteiger partial charge in [-0.2, -0.15) is 5.10 Å². The van der Waals surface area contributed by atoms with Crippen LogP contribution in [0.2, 0.25) is 0 Å². The Morgan fingerprint density at radius 2 is 1.93 bits per heavy atom. The maximum absolute atomic E-state index is 12.9. The van der Waals surface area contributed by atoms with Crippen LogP contribution in [0.5, 0.6) is 0 Å². The second kappa shape index (κ2) is 7.29. The van der Waals surface area contributed by atoms with Gasteiger partial charge in [-0.1, -0.05) is 17.7 Å². The zero-order chi connectivity index (χ0) is 20.7. The van der Waals surface area contributed by atoms with Crippen molar-refractivity contribution in [1.82, 2.24) is 14.8 Å². The molecule has 1 N–H and O–H groups in total. The summed E-state index contributed by atoms with van der Waals surface area (Å²) in [6.07, 6.45) is 1.54. The predicted octanol–water partition coefficient (Wildman–Crippen LogP) is 3.99. The Hall–Kier alpha value is -3.26. The topological polar surface area (TPSA) is 90.0 Å². The van der Waals surface area contributed by atoms with E-state index in [4.69, 9.17) is 4.42 Å². The van der Waals surface area contributed by atoms with Crippen LogP contribution >= 0.6 is 11.3 Å². The maximum atomic E-state index is 12.9. The molecule has 0 saturated heterocycles. The Labute approximate surface area is 171 Å². The molecule has 29 heavy (non-hydrogen) atoms. The van der Waals surface area contributed by atoms with Crippen LogP contribution in [0.3, 0.4) is 0 Å². The molecule has 0 bridgehead atoms. The average Bonchev–Trinajstić information content (AvgIpc) is 3.30. The number of nitrogens with zero attached hydrogens (tertiary/aromatic N) is 3. The predicted molar refractivity (Wildman–Crippen MR) is 113 cm³/mol. The first-order valence-corrected chi connectivity index (χ1v) is 9.95. The van der Waals surface area contributed by atoms with Crippen LogP contribution in [0.25, 0.3) is 21.7 Å². The Morgan fingerprint density at radius 1 is 1.21 bits per heavy atom. The molecule has 3 aromatic heterocycles. The third-order valence-electron chi connectivity index (χ3n) is 4.60. The van der Waals surface area contributed by atoms with Crippen LogP contribution in [-0.2, 0) is 11.3 Å². The van der Waals surface area contributed by atoms with E-state index in [1.54, 1.807) is 18.4 Å². The minimum Gasteiger partial charge on any atom is -0.463 e. The molecule has 0 saturated carbocycles. The molecule has 0 aliphatic rings. The molecule has 8 heteroatoms. The van der Waals surface area contributed by atoms with Crippen molar-refractivity contribution in [2.45, 2.75) is 34.2 Å². The van der Waals surface area contributed by atoms with Crippen LogP contribution in [0.15, 0.2) is 39.7 Å². The van der Waals surface area contributed by atoms with Gasteiger partial charge in [0.25, 0.3) is 5.56 Å². The van der Waals surface area contributed by atoms with Crippen molar-refractivity contribution in [1.29, 1.82) is 0 Å². The molecular weight excluding hydrogens is 388 g/mol. The third kappa shape index (κ3) is 3.58. The van der Waals surface area contributed by atoms with Gasteiger partial charge in [0.1, 0.15) is 12.2 Å². The molecule has 0 radical (unpaired) electrons. The van der Waals surface area contributed by atoms with E-state index in [1.807, 2.05) is 39.8 Å². The first-order valence-electron chi connectivity index (χ1n) is 9.13. The van der Waals surface area contributed by atoms with Gasteiger partial charge < -0.3 is 9.73 Å². The van der Waals surface area contributed by atoms with Crippen molar-refractivity contribution in [3.63, 3.8) is 0 Å². The minimum absolute atomic E-state index is 0.216. The number of nitrogens with one attached hydrogen (secondary N) is 1. The number of hydrogen-bond donors (Lipinski definition) is 1. The molecule has 0 aliphatic heterocycles. The van der Waals surface area contributed by atoms with Crippen LogP contribution in [-0.4, -0.2) is 20.7 Å². The van der Waals surface area contributed by atoms with E-state index in [-0.39, 0.29) is 12.5 Å². The van der Waals surface area contributed by atoms with E-state index in [0.717, 1.165) is 32.1 Å². The van der Waals surface area contributed by atoms with Crippen LogP contribution in [0.1, 0.15) is 21.7 Å². The van der Waals surface area contributed by atoms with E-state index in [9.17, 15) is 9.59 Å². The first-order chi connectivity index (χ1) is 13.8. The van der Waals surface area contributed by atoms with Crippen molar-refractivity contribution < 1.29 is 9.21 Å². The Morgan fingerprint density at radius 3 is 2.59 bits per heavy atom. The second-order valence-corrected chi connectivity index (χ2v) is 8.22. The lowest BCUT2D eigenvalue weighted by Gasteiger charge is -2.13. The monoisotopic (exact) mass is 408 g/mol. The number of anilines is 1. The van der Waals surface area contributed by atoms with E-state index in [1.165, 1.54) is 11.3 Å². The van der Waals surface area contributed by atoms with E-state index in [0.29, 0.717) is 21.7 Å². The number of aromatic nitrogens is 3. The number of fused-ring (bicyclic) bond motifs is 1. The molecule has 4 rings (SSSR count). The summed E-state index contributed by atoms with van der Waals surface area (Å²) >= 11 is 1.38. The summed E-state index contributed by atoms with van der Waals surface area (Å²) < 4.78 is 7.28. The van der Waals surface area contributed by atoms with Crippen molar-refractivity contribution in [2.75, 3.05) is 5.32 Å². The van der Waals surface area contributed by atoms with Crippen molar-refractivity contribution >= 4 is 33.1 Å². The first kappa shape index (κ1) is 19.1. The largest absolute Gasteiger partial charge is 0.463 e. The van der Waals surface area contributed by atoms with E-state index >= 15 is 0 Å². The number of aryl methyl sites for hydroxylation is 4. The van der Waals surface area contributed by atoms with Crippen molar-refractivity contribution in [3.05, 3.63) is 62.6 Å². The Balaban J connectivity index is 1.72. The van der Waals surface area contributed by atoms with Gasteiger partial charge in [-0.25, -0.2) is 9.67 Å². The summed E-state index contributed by atoms with van der Waals surface area (Å²) in [6, 6.07) is 7.53. The van der Waals surface area contributed by atoms with Gasteiger partial charge in [0.05, 0.1) is 16.0 Å². The van der Waals surface area contributed by atoms with Gasteiger partial charge in [0.15, 0.2) is 11.3 Å². The molecule has 1 amide bonds. The maximum Gasteiger partial charge on any atom is 0.294 e. The second-order valence-electron chi connectivity index (χ2n) is 7.02. The number of benzene rings is 1. The molecule has 3 heterocycles. The van der Waals surface area contributed by atoms with Gasteiger partial charge in [-0.3, -0.25) is 9.59 Å². The van der Waals surface area contributed by atoms with Gasteiger partial charge in [0.2, 0.25) is 5.91 Å². The molecule has 0 unspecified atom stereocenters. The number of thiazole rings is 1. The van der Waals surface area contributed by atoms with Crippen LogP contribution in [0.4, 0.5) is 5.69 Å². The third-order valence-corrected chi connectivity index (χ3v) is 5.57. The fourth-order valence-electron chi connectivity index (χ4n) is 3.44. The van der Waals surface area contributed by atoms with Crippen LogP contribution < -0.4 is 10.9 Å². The fraction of sp³-hybridized carbons (Fsp3) is 0.238. The standard InChI is InChI=1S/C21H20N4O3S/c1-11-8-12(2)17(13(3)9-11)23-16(26)10-25-21(27)19-20(29-14(4)22-19)18(24-25)15-6-5-7-28-15/h5-9H,10H2,1-4H3,(H,23,26). The lowest BCUT2D eigenvalue weighted by atomic mass is 10.1. The van der Waals surface area contributed by atoms with E-state index < -0.39 is 5.56 Å². The highest BCUT2D eigenvalue weighted by molar-refractivity contribution is 7.19. The summed E-state index contributed by atoms with van der Waals surface area (Å²) in [5.41, 5.74) is 4.23. The Bertz CT molecular complexity index is 1260. The number of furan rings is 1. The molecule has 7 nitrogen and oxygen atoms in total. The summed E-state index contributed by atoms with van der Waals surface area (Å²) in [5, 5.41) is 8.08. The average molecular weight is 408 g/mol. The molecule has 148 valence electrons. The lowest BCUT2D eigenvalue weighted by molar-refractivity contribution is -0.117. The molecular formula is C21H20N4O3S. The van der Waals surface area contributed by atoms with Crippen molar-refractivity contribution in [2.24, 2.45) is 0 Å². The number of hydrogen-bond acceptors (Lipinski definition) is 6. The SMILES string of the molecule is Cc1cc(C)c(NC(=O)Cn2nc(-c3ccco3)c3sc(C)nc3c2=O)c(C)c1. The fourth-order valence-corrected chi connectivity index (χ4v) is 4.34. The number of amides is 1. The molecule has 1 aromatic carbocycles. The zero-order valence-electron chi connectivity index (χ0n) is 16.6. The molecule has 0 spiro atoms. The quantitative estimate of drug-likeness (QED) is 0.551. The lowest BCUT2D eigenvalue weighted by Crippen LogP contribution is -2.30. The smallest absolute Gasteiger partial charge is 0.294 e. The van der Waals surface area contributed by atoms with Gasteiger partial charge in [-0.15, -0.1) is 11.3 Å². The zero-order valence-corrected chi connectivity index (χ0v) is 17.4. The van der Waals surface area contributed by atoms with Gasteiger partial charge in [-0.05, 0) is 51.0 Å². The molecule has 0 fully saturated rings. The number of rotatable bonds is 4. The summed E-state index contributed by atoms with van der Waals surface area (Å²) in [5.74, 6) is 0.199. The van der Waals surface area contributed by atoms with Gasteiger partial charge in [0, 0.05) is 5.69 Å². The van der Waals surface area contributed by atoms with Gasteiger partial charge >= 0.3 is 0 Å². The summed E-state index contributed by atoms with van der Waals surface area (Å²) in [7, 11) is 0. The number of carbonyl (C=O) groups is 1. The Kier molecular flexibility index (Phi) is 4.79. The van der Waals surface area contributed by atoms with E-state index in [2.05, 4.69) is 15.4 Å². The highest BCUT2D eigenvalue weighted by Crippen LogP contribution is 2.29. The summed E-state index contributed by atoms with van der Waals surface area (Å²) in [4.78, 5) is 29.9. The highest BCUT2D eigenvalue weighted by Gasteiger charge is 2.19. The normalized spacial score (nSPS) is 11.2. The molecule has 0 aliphatic carbocycles. The highest BCUT2D eigenvalue weighted by atomic mass is 32.1. The van der Waals surface area contributed by atoms with Crippen molar-refractivity contribution in [3.8, 4) is 11.5 Å². The number of carbonyl (C=O) groups excluding carboxylic acids is 1. The minimum atomic E-state index is -0.396. The summed E-state index contributed by atoms with van der Waals surface area (Å²) in [6.45, 7) is 7.51. The van der Waals surface area contributed by atoms with Crippen LogP contribution in [0, 0.1) is 27.7 Å². The molecule has 0 atom stereocenters.